The van der Waals surface area contributed by atoms with Gasteiger partial charge in [-0.25, -0.2) is 14.8 Å². The molecule has 0 atom stereocenters. The van der Waals surface area contributed by atoms with Gasteiger partial charge in [0.15, 0.2) is 0 Å². The summed E-state index contributed by atoms with van der Waals surface area (Å²) in [5, 5.41) is 3.20. The predicted molar refractivity (Wildman–Crippen MR) is 102 cm³/mol. The van der Waals surface area contributed by atoms with Gasteiger partial charge < -0.3 is 15.0 Å². The largest absolute Gasteiger partial charge is 0.465 e. The van der Waals surface area contributed by atoms with Crippen LogP contribution in [0.2, 0.25) is 0 Å². The molecule has 1 N–H and O–H groups in total. The number of anilines is 3. The molecule has 1 aromatic heterocycles. The summed E-state index contributed by atoms with van der Waals surface area (Å²) in [6, 6.07) is 19.1. The Hall–Kier alpha value is -3.41. The van der Waals surface area contributed by atoms with E-state index in [9.17, 15) is 4.79 Å². The number of aromatic nitrogens is 2. The number of carbonyl (C=O) groups excluding carboxylic acids is 1. The summed E-state index contributed by atoms with van der Waals surface area (Å²) in [7, 11) is 3.35. The van der Waals surface area contributed by atoms with Crippen molar-refractivity contribution in [1.82, 2.24) is 9.97 Å². The fourth-order valence-electron chi connectivity index (χ4n) is 2.55. The molecule has 0 fully saturated rings. The molecule has 1 heterocycles. The Bertz CT molecular complexity index is 884. The third kappa shape index (κ3) is 4.36. The molecule has 0 saturated heterocycles. The quantitative estimate of drug-likeness (QED) is 0.686. The smallest absolute Gasteiger partial charge is 0.337 e. The molecule has 3 rings (SSSR count). The first-order valence-electron chi connectivity index (χ1n) is 8.18. The highest BCUT2D eigenvalue weighted by atomic mass is 16.5. The highest BCUT2D eigenvalue weighted by Gasteiger charge is 2.08. The first-order valence-corrected chi connectivity index (χ1v) is 8.18. The standard InChI is InChI=1S/C20H20N4O2/c1-24(13-15-7-4-3-5-8-15)19-12-18(21-14-22-19)23-17-10-6-9-16(11-17)20(25)26-2/h3-12,14H,13H2,1-2H3,(H,21,22,23). The van der Waals surface area contributed by atoms with Gasteiger partial charge in [-0.1, -0.05) is 36.4 Å². The van der Waals surface area contributed by atoms with Crippen LogP contribution in [-0.4, -0.2) is 30.1 Å². The number of hydrogen-bond donors (Lipinski definition) is 1. The van der Waals surface area contributed by atoms with Crippen LogP contribution in [0.15, 0.2) is 67.0 Å². The number of hydrogen-bond acceptors (Lipinski definition) is 6. The lowest BCUT2D eigenvalue weighted by atomic mass is 10.2. The molecule has 132 valence electrons. The van der Waals surface area contributed by atoms with Crippen LogP contribution in [0.25, 0.3) is 0 Å². The van der Waals surface area contributed by atoms with Gasteiger partial charge in [0.05, 0.1) is 12.7 Å². The summed E-state index contributed by atoms with van der Waals surface area (Å²) in [5.74, 6) is 1.08. The zero-order valence-corrected chi connectivity index (χ0v) is 14.7. The average Bonchev–Trinajstić information content (AvgIpc) is 2.68. The van der Waals surface area contributed by atoms with Crippen molar-refractivity contribution in [2.24, 2.45) is 0 Å². The summed E-state index contributed by atoms with van der Waals surface area (Å²) in [4.78, 5) is 22.3. The van der Waals surface area contributed by atoms with E-state index in [4.69, 9.17) is 4.74 Å². The lowest BCUT2D eigenvalue weighted by molar-refractivity contribution is 0.0601. The first-order chi connectivity index (χ1) is 12.7. The maximum Gasteiger partial charge on any atom is 0.337 e. The topological polar surface area (TPSA) is 67.3 Å². The Kier molecular flexibility index (Phi) is 5.43. The van der Waals surface area contributed by atoms with Crippen LogP contribution in [0.3, 0.4) is 0 Å². The van der Waals surface area contributed by atoms with Crippen LogP contribution >= 0.6 is 0 Å². The van der Waals surface area contributed by atoms with Crippen molar-refractivity contribution in [2.45, 2.75) is 6.54 Å². The lowest BCUT2D eigenvalue weighted by Crippen LogP contribution is -2.17. The van der Waals surface area contributed by atoms with E-state index in [1.165, 1.54) is 19.0 Å². The average molecular weight is 348 g/mol. The molecule has 3 aromatic rings. The van der Waals surface area contributed by atoms with E-state index in [1.807, 2.05) is 42.3 Å². The van der Waals surface area contributed by atoms with Crippen LogP contribution in [-0.2, 0) is 11.3 Å². The van der Waals surface area contributed by atoms with Gasteiger partial charge in [-0.15, -0.1) is 0 Å². The third-order valence-corrected chi connectivity index (χ3v) is 3.86. The molecule has 0 radical (unpaired) electrons. The minimum atomic E-state index is -0.375. The van der Waals surface area contributed by atoms with Crippen molar-refractivity contribution in [3.05, 3.63) is 78.1 Å². The van der Waals surface area contributed by atoms with Gasteiger partial charge in [0.25, 0.3) is 0 Å². The van der Waals surface area contributed by atoms with E-state index in [0.717, 1.165) is 18.1 Å². The lowest BCUT2D eigenvalue weighted by Gasteiger charge is -2.18. The maximum atomic E-state index is 11.7. The second-order valence-electron chi connectivity index (χ2n) is 5.80. The van der Waals surface area contributed by atoms with E-state index < -0.39 is 0 Å². The molecule has 26 heavy (non-hydrogen) atoms. The summed E-state index contributed by atoms with van der Waals surface area (Å²) in [6.07, 6.45) is 1.52. The molecular weight excluding hydrogens is 328 g/mol. The van der Waals surface area contributed by atoms with Crippen LogP contribution in [0.5, 0.6) is 0 Å². The van der Waals surface area contributed by atoms with Crippen LogP contribution in [0.4, 0.5) is 17.3 Å². The van der Waals surface area contributed by atoms with Gasteiger partial charge in [0, 0.05) is 25.3 Å². The molecule has 2 aromatic carbocycles. The first kappa shape index (κ1) is 17.4. The van der Waals surface area contributed by atoms with E-state index in [2.05, 4.69) is 27.4 Å². The summed E-state index contributed by atoms with van der Waals surface area (Å²) in [5.41, 5.74) is 2.44. The summed E-state index contributed by atoms with van der Waals surface area (Å²) in [6.45, 7) is 0.745. The molecule has 0 aliphatic carbocycles. The zero-order chi connectivity index (χ0) is 18.4. The Balaban J connectivity index is 1.74. The molecule has 6 nitrogen and oxygen atoms in total. The molecule has 6 heteroatoms. The highest BCUT2D eigenvalue weighted by molar-refractivity contribution is 5.90. The third-order valence-electron chi connectivity index (χ3n) is 3.86. The fraction of sp³-hybridized carbons (Fsp3) is 0.150. The number of carbonyl (C=O) groups is 1. The number of methoxy groups -OCH3 is 1. The Morgan fingerprint density at radius 3 is 2.65 bits per heavy atom. The van der Waals surface area contributed by atoms with Gasteiger partial charge in [-0.2, -0.15) is 0 Å². The van der Waals surface area contributed by atoms with Crippen molar-refractivity contribution >= 4 is 23.3 Å². The van der Waals surface area contributed by atoms with Gasteiger partial charge in [0.2, 0.25) is 0 Å². The van der Waals surface area contributed by atoms with Crippen molar-refractivity contribution in [2.75, 3.05) is 24.4 Å². The normalized spacial score (nSPS) is 10.2. The number of rotatable bonds is 6. The maximum absolute atomic E-state index is 11.7. The van der Waals surface area contributed by atoms with Gasteiger partial charge in [0.1, 0.15) is 18.0 Å². The van der Waals surface area contributed by atoms with E-state index in [-0.39, 0.29) is 5.97 Å². The zero-order valence-electron chi connectivity index (χ0n) is 14.7. The number of ether oxygens (including phenoxy) is 1. The molecule has 0 aliphatic heterocycles. The SMILES string of the molecule is COC(=O)c1cccc(Nc2cc(N(C)Cc3ccccc3)ncn2)c1. The molecule has 0 spiro atoms. The van der Waals surface area contributed by atoms with Crippen molar-refractivity contribution < 1.29 is 9.53 Å². The Morgan fingerprint density at radius 2 is 1.88 bits per heavy atom. The van der Waals surface area contributed by atoms with Crippen molar-refractivity contribution in [3.8, 4) is 0 Å². The van der Waals surface area contributed by atoms with E-state index in [1.54, 1.807) is 18.2 Å². The summed E-state index contributed by atoms with van der Waals surface area (Å²) >= 11 is 0. The van der Waals surface area contributed by atoms with Gasteiger partial charge >= 0.3 is 5.97 Å². The highest BCUT2D eigenvalue weighted by Crippen LogP contribution is 2.20. The second-order valence-corrected chi connectivity index (χ2v) is 5.80. The van der Waals surface area contributed by atoms with Crippen molar-refractivity contribution in [3.63, 3.8) is 0 Å². The monoisotopic (exact) mass is 348 g/mol. The van der Waals surface area contributed by atoms with Crippen molar-refractivity contribution in [1.29, 1.82) is 0 Å². The Labute approximate surface area is 152 Å². The number of nitrogens with zero attached hydrogens (tertiary/aromatic N) is 3. The van der Waals surface area contributed by atoms with E-state index >= 15 is 0 Å². The summed E-state index contributed by atoms with van der Waals surface area (Å²) < 4.78 is 4.75. The predicted octanol–water partition coefficient (Wildman–Crippen LogP) is 3.64. The minimum Gasteiger partial charge on any atom is -0.465 e. The fourth-order valence-corrected chi connectivity index (χ4v) is 2.55. The molecule has 0 amide bonds. The van der Waals surface area contributed by atoms with Crippen LogP contribution < -0.4 is 10.2 Å². The molecule has 0 aliphatic rings. The van der Waals surface area contributed by atoms with Crippen LogP contribution in [0.1, 0.15) is 15.9 Å². The minimum absolute atomic E-state index is 0.375. The van der Waals surface area contributed by atoms with E-state index in [0.29, 0.717) is 11.4 Å². The molecule has 0 bridgehead atoms. The van der Waals surface area contributed by atoms with Gasteiger partial charge in [-0.05, 0) is 23.8 Å². The number of esters is 1. The number of nitrogens with one attached hydrogen (secondary N) is 1. The second kappa shape index (κ2) is 8.11. The number of benzene rings is 2. The molecular formula is C20H20N4O2. The Morgan fingerprint density at radius 1 is 1.08 bits per heavy atom. The van der Waals surface area contributed by atoms with Gasteiger partial charge in [-0.3, -0.25) is 0 Å². The van der Waals surface area contributed by atoms with Crippen LogP contribution in [0, 0.1) is 0 Å². The molecule has 0 unspecified atom stereocenters. The molecule has 0 saturated carbocycles.